The quantitative estimate of drug-likeness (QED) is 0.942. The van der Waals surface area contributed by atoms with E-state index < -0.39 is 0 Å². The number of hydrogen-bond donors (Lipinski definition) is 1. The van der Waals surface area contributed by atoms with Crippen LogP contribution in [0.3, 0.4) is 0 Å². The molecule has 0 amide bonds. The lowest BCUT2D eigenvalue weighted by atomic mass is 10.2. The number of halogens is 2. The lowest BCUT2D eigenvalue weighted by Crippen LogP contribution is -2.02. The summed E-state index contributed by atoms with van der Waals surface area (Å²) in [4.78, 5) is 0. The van der Waals surface area contributed by atoms with Crippen LogP contribution in [0.5, 0.6) is 5.75 Å². The molecule has 1 aromatic carbocycles. The van der Waals surface area contributed by atoms with Gasteiger partial charge in [0.25, 0.3) is 0 Å². The third-order valence-electron chi connectivity index (χ3n) is 2.67. The maximum Gasteiger partial charge on any atom is 0.128 e. The lowest BCUT2D eigenvalue weighted by Gasteiger charge is -2.07. The largest absolute Gasteiger partial charge is 0.489 e. The van der Waals surface area contributed by atoms with Crippen molar-refractivity contribution in [2.45, 2.75) is 13.5 Å². The summed E-state index contributed by atoms with van der Waals surface area (Å²) in [6.45, 7) is 2.24. The summed E-state index contributed by atoms with van der Waals surface area (Å²) >= 11 is 11.7. The molecule has 18 heavy (non-hydrogen) atoms. The van der Waals surface area contributed by atoms with Crippen LogP contribution in [-0.4, -0.2) is 9.78 Å². The monoisotopic (exact) mass is 285 g/mol. The first kappa shape index (κ1) is 13.1. The van der Waals surface area contributed by atoms with E-state index in [1.54, 1.807) is 29.9 Å². The van der Waals surface area contributed by atoms with Gasteiger partial charge in [-0.3, -0.25) is 4.68 Å². The van der Waals surface area contributed by atoms with E-state index in [0.717, 1.165) is 11.3 Å². The molecule has 0 aliphatic carbocycles. The van der Waals surface area contributed by atoms with Crippen molar-refractivity contribution in [1.82, 2.24) is 9.78 Å². The van der Waals surface area contributed by atoms with Crippen LogP contribution < -0.4 is 10.5 Å². The fourth-order valence-electron chi connectivity index (χ4n) is 1.62. The number of benzene rings is 1. The number of aromatic nitrogens is 2. The van der Waals surface area contributed by atoms with Crippen LogP contribution in [0.25, 0.3) is 0 Å². The Hall–Kier alpha value is -1.39. The van der Waals surface area contributed by atoms with Gasteiger partial charge in [0, 0.05) is 13.1 Å². The second kappa shape index (κ2) is 5.08. The van der Waals surface area contributed by atoms with Gasteiger partial charge < -0.3 is 10.5 Å². The van der Waals surface area contributed by atoms with Crippen molar-refractivity contribution in [3.05, 3.63) is 39.5 Å². The second-order valence-electron chi connectivity index (χ2n) is 3.94. The summed E-state index contributed by atoms with van der Waals surface area (Å²) in [5.41, 5.74) is 7.63. The molecule has 2 aromatic rings. The Morgan fingerprint density at radius 2 is 2.06 bits per heavy atom. The minimum Gasteiger partial charge on any atom is -0.489 e. The van der Waals surface area contributed by atoms with Crippen molar-refractivity contribution in [2.75, 3.05) is 5.73 Å². The summed E-state index contributed by atoms with van der Waals surface area (Å²) in [5, 5.41) is 5.18. The molecule has 0 spiro atoms. The van der Waals surface area contributed by atoms with Crippen molar-refractivity contribution in [2.24, 2.45) is 7.05 Å². The molecule has 0 aliphatic heterocycles. The summed E-state index contributed by atoms with van der Waals surface area (Å²) < 4.78 is 7.25. The first-order valence-electron chi connectivity index (χ1n) is 5.35. The van der Waals surface area contributed by atoms with Crippen LogP contribution in [0.4, 0.5) is 5.82 Å². The lowest BCUT2D eigenvalue weighted by molar-refractivity contribution is 0.306. The summed E-state index contributed by atoms with van der Waals surface area (Å²) in [7, 11) is 1.80. The molecule has 6 heteroatoms. The molecule has 2 rings (SSSR count). The average Bonchev–Trinajstić information content (AvgIpc) is 2.56. The van der Waals surface area contributed by atoms with E-state index in [-0.39, 0.29) is 0 Å². The number of hydrogen-bond acceptors (Lipinski definition) is 3. The van der Waals surface area contributed by atoms with Crippen LogP contribution in [-0.2, 0) is 13.7 Å². The standard InChI is InChI=1S/C12H13Cl2N3O/c1-7-9(12(15)17(2)16-7)6-18-8-3-4-10(13)11(14)5-8/h3-5H,6,15H2,1-2H3. The molecule has 2 N–H and O–H groups in total. The van der Waals surface area contributed by atoms with Gasteiger partial charge in [-0.2, -0.15) is 5.10 Å². The van der Waals surface area contributed by atoms with Crippen LogP contribution in [0.2, 0.25) is 10.0 Å². The van der Waals surface area contributed by atoms with E-state index in [0.29, 0.717) is 28.2 Å². The first-order chi connectivity index (χ1) is 8.49. The van der Waals surface area contributed by atoms with Gasteiger partial charge >= 0.3 is 0 Å². The van der Waals surface area contributed by atoms with Crippen LogP contribution in [0, 0.1) is 6.92 Å². The first-order valence-corrected chi connectivity index (χ1v) is 6.10. The Balaban J connectivity index is 2.14. The SMILES string of the molecule is Cc1nn(C)c(N)c1COc1ccc(Cl)c(Cl)c1. The molecular weight excluding hydrogens is 273 g/mol. The minimum atomic E-state index is 0.351. The Labute approximate surface area is 115 Å². The zero-order valence-electron chi connectivity index (χ0n) is 10.1. The van der Waals surface area contributed by atoms with Gasteiger partial charge in [0.1, 0.15) is 18.2 Å². The van der Waals surface area contributed by atoms with E-state index in [1.807, 2.05) is 6.92 Å². The van der Waals surface area contributed by atoms with Gasteiger partial charge in [0.15, 0.2) is 0 Å². The van der Waals surface area contributed by atoms with Crippen molar-refractivity contribution in [3.63, 3.8) is 0 Å². The van der Waals surface area contributed by atoms with Crippen LogP contribution in [0.15, 0.2) is 18.2 Å². The van der Waals surface area contributed by atoms with E-state index in [9.17, 15) is 0 Å². The number of nitrogen functional groups attached to an aromatic ring is 1. The molecule has 0 aliphatic rings. The Bertz CT molecular complexity index is 581. The molecule has 0 bridgehead atoms. The number of anilines is 1. The highest BCUT2D eigenvalue weighted by Crippen LogP contribution is 2.27. The highest BCUT2D eigenvalue weighted by atomic mass is 35.5. The van der Waals surface area contributed by atoms with E-state index >= 15 is 0 Å². The van der Waals surface area contributed by atoms with E-state index in [2.05, 4.69) is 5.10 Å². The zero-order chi connectivity index (χ0) is 13.3. The highest BCUT2D eigenvalue weighted by molar-refractivity contribution is 6.42. The molecule has 4 nitrogen and oxygen atoms in total. The Kier molecular flexibility index (Phi) is 3.68. The van der Waals surface area contributed by atoms with Gasteiger partial charge in [0.05, 0.1) is 21.3 Å². The number of nitrogens with zero attached hydrogens (tertiary/aromatic N) is 2. The van der Waals surface area contributed by atoms with Crippen molar-refractivity contribution < 1.29 is 4.74 Å². The normalized spacial score (nSPS) is 10.7. The Morgan fingerprint density at radius 3 is 2.61 bits per heavy atom. The zero-order valence-corrected chi connectivity index (χ0v) is 11.6. The smallest absolute Gasteiger partial charge is 0.128 e. The minimum absolute atomic E-state index is 0.351. The summed E-state index contributed by atoms with van der Waals surface area (Å²) in [6, 6.07) is 5.13. The van der Waals surface area contributed by atoms with E-state index in [1.165, 1.54) is 0 Å². The Morgan fingerprint density at radius 1 is 1.33 bits per heavy atom. The number of rotatable bonds is 3. The predicted octanol–water partition coefficient (Wildman–Crippen LogP) is 3.20. The third-order valence-corrected chi connectivity index (χ3v) is 3.41. The molecule has 96 valence electrons. The molecule has 0 atom stereocenters. The fourth-order valence-corrected chi connectivity index (χ4v) is 1.91. The average molecular weight is 286 g/mol. The summed E-state index contributed by atoms with van der Waals surface area (Å²) in [5.74, 6) is 1.25. The van der Waals surface area contributed by atoms with Gasteiger partial charge in [-0.15, -0.1) is 0 Å². The molecule has 1 aromatic heterocycles. The van der Waals surface area contributed by atoms with Gasteiger partial charge in [-0.05, 0) is 19.1 Å². The number of ether oxygens (including phenoxy) is 1. The maximum absolute atomic E-state index is 5.91. The predicted molar refractivity (Wildman–Crippen MR) is 73.2 cm³/mol. The van der Waals surface area contributed by atoms with Crippen LogP contribution in [0.1, 0.15) is 11.3 Å². The van der Waals surface area contributed by atoms with Crippen LogP contribution >= 0.6 is 23.2 Å². The van der Waals surface area contributed by atoms with Gasteiger partial charge in [0.2, 0.25) is 0 Å². The molecule has 0 radical (unpaired) electrons. The molecule has 0 unspecified atom stereocenters. The number of nitrogens with two attached hydrogens (primary N) is 1. The van der Waals surface area contributed by atoms with Gasteiger partial charge in [-0.1, -0.05) is 23.2 Å². The molecule has 0 fully saturated rings. The van der Waals surface area contributed by atoms with Crippen molar-refractivity contribution in [1.29, 1.82) is 0 Å². The number of aryl methyl sites for hydroxylation is 2. The highest BCUT2D eigenvalue weighted by Gasteiger charge is 2.11. The van der Waals surface area contributed by atoms with E-state index in [4.69, 9.17) is 33.7 Å². The molecular formula is C12H13Cl2N3O. The van der Waals surface area contributed by atoms with Crippen molar-refractivity contribution in [3.8, 4) is 5.75 Å². The summed E-state index contributed by atoms with van der Waals surface area (Å²) in [6.07, 6.45) is 0. The van der Waals surface area contributed by atoms with Gasteiger partial charge in [-0.25, -0.2) is 0 Å². The molecule has 0 saturated heterocycles. The second-order valence-corrected chi connectivity index (χ2v) is 4.75. The fraction of sp³-hybridized carbons (Fsp3) is 0.250. The topological polar surface area (TPSA) is 53.1 Å². The molecule has 0 saturated carbocycles. The van der Waals surface area contributed by atoms with Crippen molar-refractivity contribution >= 4 is 29.0 Å². The molecule has 1 heterocycles. The third kappa shape index (κ3) is 2.54. The maximum atomic E-state index is 5.91.